The Hall–Kier alpha value is -1.23. The second kappa shape index (κ2) is 4.22. The van der Waals surface area contributed by atoms with Crippen molar-refractivity contribution >= 4 is 5.82 Å². The van der Waals surface area contributed by atoms with Crippen LogP contribution >= 0.6 is 0 Å². The number of piperidine rings is 1. The molecule has 17 heavy (non-hydrogen) atoms. The molecule has 2 unspecified atom stereocenters. The first-order valence-electron chi connectivity index (χ1n) is 6.22. The summed E-state index contributed by atoms with van der Waals surface area (Å²) in [5, 5.41) is 6.79. The average Bonchev–Trinajstić information content (AvgIpc) is 2.65. The fourth-order valence-corrected chi connectivity index (χ4v) is 2.93. The lowest BCUT2D eigenvalue weighted by atomic mass is 10.00. The summed E-state index contributed by atoms with van der Waals surface area (Å²) in [6.45, 7) is 1.66. The van der Waals surface area contributed by atoms with Crippen LogP contribution in [0.1, 0.15) is 31.4 Å². The van der Waals surface area contributed by atoms with E-state index in [4.69, 9.17) is 0 Å². The maximum Gasteiger partial charge on any atom is 0.186 e. The molecule has 92 valence electrons. The van der Waals surface area contributed by atoms with E-state index in [0.29, 0.717) is 29.6 Å². The van der Waals surface area contributed by atoms with E-state index in [-0.39, 0.29) is 5.82 Å². The summed E-state index contributed by atoms with van der Waals surface area (Å²) in [7, 11) is 0. The summed E-state index contributed by atoms with van der Waals surface area (Å²) in [4.78, 5) is 7.82. The molecule has 2 N–H and O–H groups in total. The molecule has 4 nitrogen and oxygen atoms in total. The number of nitrogens with zero attached hydrogens (tertiary/aromatic N) is 2. The summed E-state index contributed by atoms with van der Waals surface area (Å²) >= 11 is 0. The Balaban J connectivity index is 1.72. The Morgan fingerprint density at radius 1 is 1.29 bits per heavy atom. The van der Waals surface area contributed by atoms with Crippen molar-refractivity contribution < 1.29 is 4.39 Å². The molecule has 3 rings (SSSR count). The SMILES string of the molecule is Cc1ncnc(NC2CC3CCC(C2)N3)c1F. The Morgan fingerprint density at radius 2 is 2.00 bits per heavy atom. The molecule has 2 bridgehead atoms. The Labute approximate surface area is 100 Å². The number of hydrogen-bond donors (Lipinski definition) is 2. The van der Waals surface area contributed by atoms with Gasteiger partial charge in [0.15, 0.2) is 11.6 Å². The highest BCUT2D eigenvalue weighted by Crippen LogP contribution is 2.28. The van der Waals surface area contributed by atoms with Crippen molar-refractivity contribution in [3.63, 3.8) is 0 Å². The fourth-order valence-electron chi connectivity index (χ4n) is 2.93. The van der Waals surface area contributed by atoms with Crippen LogP contribution in [-0.4, -0.2) is 28.1 Å². The van der Waals surface area contributed by atoms with E-state index in [9.17, 15) is 4.39 Å². The number of fused-ring (bicyclic) bond motifs is 2. The Morgan fingerprint density at radius 3 is 2.71 bits per heavy atom. The zero-order chi connectivity index (χ0) is 11.8. The smallest absolute Gasteiger partial charge is 0.186 e. The molecule has 0 aromatic carbocycles. The highest BCUT2D eigenvalue weighted by molar-refractivity contribution is 5.38. The van der Waals surface area contributed by atoms with E-state index >= 15 is 0 Å². The van der Waals surface area contributed by atoms with E-state index in [2.05, 4.69) is 20.6 Å². The summed E-state index contributed by atoms with van der Waals surface area (Å²) in [5.41, 5.74) is 0.402. The van der Waals surface area contributed by atoms with Gasteiger partial charge in [0.05, 0.1) is 5.69 Å². The summed E-state index contributed by atoms with van der Waals surface area (Å²) in [5.74, 6) is 0.0298. The second-order valence-corrected chi connectivity index (χ2v) is 5.07. The van der Waals surface area contributed by atoms with Gasteiger partial charge < -0.3 is 10.6 Å². The monoisotopic (exact) mass is 236 g/mol. The van der Waals surface area contributed by atoms with E-state index in [1.54, 1.807) is 6.92 Å². The lowest BCUT2D eigenvalue weighted by molar-refractivity contribution is 0.376. The molecule has 1 aromatic heterocycles. The van der Waals surface area contributed by atoms with Crippen LogP contribution in [0.4, 0.5) is 10.2 Å². The van der Waals surface area contributed by atoms with Crippen LogP contribution in [0, 0.1) is 12.7 Å². The molecule has 0 radical (unpaired) electrons. The highest BCUT2D eigenvalue weighted by atomic mass is 19.1. The van der Waals surface area contributed by atoms with Crippen molar-refractivity contribution in [2.24, 2.45) is 0 Å². The predicted octanol–water partition coefficient (Wildman–Crippen LogP) is 1.62. The maximum absolute atomic E-state index is 13.8. The molecule has 3 heterocycles. The molecule has 1 aromatic rings. The van der Waals surface area contributed by atoms with Crippen molar-refractivity contribution in [3.8, 4) is 0 Å². The third-order valence-corrected chi connectivity index (χ3v) is 3.78. The van der Waals surface area contributed by atoms with Gasteiger partial charge in [-0.2, -0.15) is 0 Å². The summed E-state index contributed by atoms with van der Waals surface area (Å²) in [6.07, 6.45) is 6.01. The number of aromatic nitrogens is 2. The van der Waals surface area contributed by atoms with Crippen LogP contribution in [0.3, 0.4) is 0 Å². The Kier molecular flexibility index (Phi) is 2.70. The second-order valence-electron chi connectivity index (χ2n) is 5.07. The van der Waals surface area contributed by atoms with Crippen LogP contribution in [0.5, 0.6) is 0 Å². The molecule has 2 fully saturated rings. The summed E-state index contributed by atoms with van der Waals surface area (Å²) in [6, 6.07) is 1.52. The molecule has 2 atom stereocenters. The van der Waals surface area contributed by atoms with Gasteiger partial charge in [0, 0.05) is 18.1 Å². The van der Waals surface area contributed by atoms with Gasteiger partial charge in [0.2, 0.25) is 0 Å². The van der Waals surface area contributed by atoms with Crippen molar-refractivity contribution in [3.05, 3.63) is 17.8 Å². The van der Waals surface area contributed by atoms with Gasteiger partial charge in [-0.15, -0.1) is 0 Å². The van der Waals surface area contributed by atoms with Crippen molar-refractivity contribution in [1.29, 1.82) is 0 Å². The molecular formula is C12H17FN4. The summed E-state index contributed by atoms with van der Waals surface area (Å²) < 4.78 is 13.8. The highest BCUT2D eigenvalue weighted by Gasteiger charge is 2.33. The minimum Gasteiger partial charge on any atom is -0.365 e. The number of nitrogens with one attached hydrogen (secondary N) is 2. The molecule has 2 saturated heterocycles. The van der Waals surface area contributed by atoms with Crippen molar-refractivity contribution in [1.82, 2.24) is 15.3 Å². The predicted molar refractivity (Wildman–Crippen MR) is 63.3 cm³/mol. The standard InChI is InChI=1S/C12H17FN4/c1-7-11(13)12(15-6-14-7)17-10-4-8-2-3-9(5-10)16-8/h6,8-10,16H,2-5H2,1H3,(H,14,15,17). The molecular weight excluding hydrogens is 219 g/mol. The normalized spacial score (nSPS) is 31.5. The Bertz CT molecular complexity index is 411. The maximum atomic E-state index is 13.8. The van der Waals surface area contributed by atoms with Crippen molar-refractivity contribution in [2.75, 3.05) is 5.32 Å². The largest absolute Gasteiger partial charge is 0.365 e. The minimum absolute atomic E-state index is 0.321. The average molecular weight is 236 g/mol. The zero-order valence-corrected chi connectivity index (χ0v) is 9.91. The third-order valence-electron chi connectivity index (χ3n) is 3.78. The van der Waals surface area contributed by atoms with Crippen LogP contribution in [0.25, 0.3) is 0 Å². The molecule has 0 saturated carbocycles. The van der Waals surface area contributed by atoms with Gasteiger partial charge in [0.1, 0.15) is 6.33 Å². The van der Waals surface area contributed by atoms with E-state index in [0.717, 1.165) is 12.8 Å². The zero-order valence-electron chi connectivity index (χ0n) is 9.91. The third kappa shape index (κ3) is 2.11. The van der Waals surface area contributed by atoms with Gasteiger partial charge >= 0.3 is 0 Å². The quantitative estimate of drug-likeness (QED) is 0.819. The first-order chi connectivity index (χ1) is 8.22. The van der Waals surface area contributed by atoms with Crippen LogP contribution in [0.2, 0.25) is 0 Å². The molecule has 5 heteroatoms. The van der Waals surface area contributed by atoms with Gasteiger partial charge in [-0.3, -0.25) is 0 Å². The molecule has 0 aliphatic carbocycles. The lowest BCUT2D eigenvalue weighted by Crippen LogP contribution is -2.43. The van der Waals surface area contributed by atoms with Gasteiger partial charge in [0.25, 0.3) is 0 Å². The number of hydrogen-bond acceptors (Lipinski definition) is 4. The number of aryl methyl sites for hydroxylation is 1. The number of anilines is 1. The number of halogens is 1. The first-order valence-corrected chi connectivity index (χ1v) is 6.22. The topological polar surface area (TPSA) is 49.8 Å². The van der Waals surface area contributed by atoms with Crippen LogP contribution in [0.15, 0.2) is 6.33 Å². The van der Waals surface area contributed by atoms with E-state index in [1.165, 1.54) is 19.2 Å². The molecule has 0 amide bonds. The van der Waals surface area contributed by atoms with Gasteiger partial charge in [-0.05, 0) is 32.6 Å². The number of rotatable bonds is 2. The first kappa shape index (κ1) is 10.9. The van der Waals surface area contributed by atoms with Crippen LogP contribution in [-0.2, 0) is 0 Å². The molecule has 2 aliphatic rings. The van der Waals surface area contributed by atoms with Crippen molar-refractivity contribution in [2.45, 2.75) is 50.7 Å². The minimum atomic E-state index is -0.321. The fraction of sp³-hybridized carbons (Fsp3) is 0.667. The molecule has 0 spiro atoms. The van der Waals surface area contributed by atoms with Gasteiger partial charge in [-0.1, -0.05) is 0 Å². The van der Waals surface area contributed by atoms with E-state index < -0.39 is 0 Å². The van der Waals surface area contributed by atoms with Gasteiger partial charge in [-0.25, -0.2) is 14.4 Å². The lowest BCUT2D eigenvalue weighted by Gasteiger charge is -2.30. The van der Waals surface area contributed by atoms with Crippen LogP contribution < -0.4 is 10.6 Å². The van der Waals surface area contributed by atoms with E-state index in [1.807, 2.05) is 0 Å². The molecule has 2 aliphatic heterocycles.